The summed E-state index contributed by atoms with van der Waals surface area (Å²) in [7, 11) is -3.09. The number of aromatic nitrogens is 1. The van der Waals surface area contributed by atoms with Crippen molar-refractivity contribution in [1.82, 2.24) is 9.29 Å². The number of nitrogens with zero attached hydrogens (tertiary/aromatic N) is 3. The van der Waals surface area contributed by atoms with E-state index in [-0.39, 0.29) is 0 Å². The third-order valence-electron chi connectivity index (χ3n) is 3.66. The number of rotatable bonds is 2. The minimum Gasteiger partial charge on any atom is -0.353 e. The van der Waals surface area contributed by atoms with Crippen LogP contribution in [0.1, 0.15) is 0 Å². The van der Waals surface area contributed by atoms with Crippen molar-refractivity contribution in [1.29, 1.82) is 0 Å². The highest BCUT2D eigenvalue weighted by Gasteiger charge is 2.24. The quantitative estimate of drug-likeness (QED) is 0.837. The van der Waals surface area contributed by atoms with E-state index in [0.717, 1.165) is 16.6 Å². The van der Waals surface area contributed by atoms with Gasteiger partial charge in [-0.05, 0) is 11.5 Å². The van der Waals surface area contributed by atoms with E-state index in [0.29, 0.717) is 26.2 Å². The molecular weight excluding hydrogens is 274 g/mol. The van der Waals surface area contributed by atoms with Gasteiger partial charge in [0.2, 0.25) is 10.0 Å². The van der Waals surface area contributed by atoms with E-state index in [2.05, 4.69) is 22.0 Å². The van der Waals surface area contributed by atoms with Gasteiger partial charge in [-0.2, -0.15) is 4.31 Å². The Morgan fingerprint density at radius 1 is 1.05 bits per heavy atom. The molecule has 20 heavy (non-hydrogen) atoms. The third-order valence-corrected chi connectivity index (χ3v) is 4.96. The predicted molar refractivity (Wildman–Crippen MR) is 80.4 cm³/mol. The average molecular weight is 291 g/mol. The summed E-state index contributed by atoms with van der Waals surface area (Å²) in [6.07, 6.45) is 3.07. The van der Waals surface area contributed by atoms with E-state index in [1.165, 1.54) is 10.6 Å². The number of hydrogen-bond donors (Lipinski definition) is 0. The van der Waals surface area contributed by atoms with Gasteiger partial charge in [0.25, 0.3) is 0 Å². The van der Waals surface area contributed by atoms with Crippen LogP contribution in [0, 0.1) is 0 Å². The lowest BCUT2D eigenvalue weighted by Crippen LogP contribution is -2.48. The number of hydrogen-bond acceptors (Lipinski definition) is 4. The lowest BCUT2D eigenvalue weighted by molar-refractivity contribution is 0.387. The lowest BCUT2D eigenvalue weighted by Gasteiger charge is -2.34. The van der Waals surface area contributed by atoms with Crippen molar-refractivity contribution >= 4 is 26.6 Å². The minimum absolute atomic E-state index is 0.518. The van der Waals surface area contributed by atoms with Gasteiger partial charge in [-0.25, -0.2) is 13.4 Å². The van der Waals surface area contributed by atoms with Gasteiger partial charge in [0.1, 0.15) is 5.82 Å². The second kappa shape index (κ2) is 5.03. The largest absolute Gasteiger partial charge is 0.353 e. The summed E-state index contributed by atoms with van der Waals surface area (Å²) >= 11 is 0. The molecule has 1 aliphatic rings. The first-order valence-electron chi connectivity index (χ1n) is 6.59. The first-order valence-corrected chi connectivity index (χ1v) is 8.44. The SMILES string of the molecule is CS(=O)(=O)N1CCN(c2nccc3ccccc23)CC1. The molecule has 0 atom stereocenters. The molecule has 3 rings (SSSR count). The van der Waals surface area contributed by atoms with Crippen molar-refractivity contribution in [2.45, 2.75) is 0 Å². The van der Waals surface area contributed by atoms with Gasteiger partial charge in [0, 0.05) is 37.8 Å². The number of fused-ring (bicyclic) bond motifs is 1. The molecule has 0 unspecified atom stereocenters. The Bertz CT molecular complexity index is 717. The highest BCUT2D eigenvalue weighted by molar-refractivity contribution is 7.88. The van der Waals surface area contributed by atoms with Crippen molar-refractivity contribution in [2.24, 2.45) is 0 Å². The molecule has 0 spiro atoms. The highest BCUT2D eigenvalue weighted by Crippen LogP contribution is 2.25. The molecule has 1 saturated heterocycles. The Morgan fingerprint density at radius 2 is 1.75 bits per heavy atom. The van der Waals surface area contributed by atoms with Crippen molar-refractivity contribution in [3.63, 3.8) is 0 Å². The Labute approximate surface area is 118 Å². The Kier molecular flexibility index (Phi) is 3.35. The van der Waals surface area contributed by atoms with Crippen LogP contribution in [-0.2, 0) is 10.0 Å². The fourth-order valence-corrected chi connectivity index (χ4v) is 3.41. The van der Waals surface area contributed by atoms with Crippen LogP contribution in [0.15, 0.2) is 36.5 Å². The summed E-state index contributed by atoms with van der Waals surface area (Å²) in [5.74, 6) is 0.941. The molecule has 1 fully saturated rings. The second-order valence-electron chi connectivity index (χ2n) is 5.00. The molecule has 106 valence electrons. The molecule has 1 aliphatic heterocycles. The zero-order valence-corrected chi connectivity index (χ0v) is 12.2. The fourth-order valence-electron chi connectivity index (χ4n) is 2.59. The number of pyridine rings is 1. The third kappa shape index (κ3) is 2.48. The first-order chi connectivity index (χ1) is 9.55. The molecule has 1 aromatic heterocycles. The Morgan fingerprint density at radius 3 is 2.45 bits per heavy atom. The standard InChI is InChI=1S/C14H17N3O2S/c1-20(18,19)17-10-8-16(9-11-17)14-13-5-3-2-4-12(13)6-7-15-14/h2-7H,8-11H2,1H3. The molecule has 0 N–H and O–H groups in total. The molecule has 0 aliphatic carbocycles. The Balaban J connectivity index is 1.87. The molecule has 0 amide bonds. The van der Waals surface area contributed by atoms with Crippen LogP contribution in [0.5, 0.6) is 0 Å². The van der Waals surface area contributed by atoms with E-state index < -0.39 is 10.0 Å². The predicted octanol–water partition coefficient (Wildman–Crippen LogP) is 1.32. The van der Waals surface area contributed by atoms with Gasteiger partial charge >= 0.3 is 0 Å². The van der Waals surface area contributed by atoms with E-state index in [1.54, 1.807) is 6.20 Å². The maximum Gasteiger partial charge on any atom is 0.211 e. The smallest absolute Gasteiger partial charge is 0.211 e. The average Bonchev–Trinajstić information content (AvgIpc) is 2.46. The lowest BCUT2D eigenvalue weighted by atomic mass is 10.1. The maximum atomic E-state index is 11.5. The molecule has 1 aromatic carbocycles. The molecule has 0 radical (unpaired) electrons. The normalized spacial score (nSPS) is 17.6. The number of piperazine rings is 1. The molecule has 2 heterocycles. The summed E-state index contributed by atoms with van der Waals surface area (Å²) in [6.45, 7) is 2.38. The van der Waals surface area contributed by atoms with Crippen LogP contribution in [-0.4, -0.2) is 50.1 Å². The van der Waals surface area contributed by atoms with E-state index >= 15 is 0 Å². The van der Waals surface area contributed by atoms with Crippen LogP contribution >= 0.6 is 0 Å². The van der Waals surface area contributed by atoms with Crippen LogP contribution in [0.25, 0.3) is 10.8 Å². The number of anilines is 1. The van der Waals surface area contributed by atoms with Crippen LogP contribution < -0.4 is 4.90 Å². The zero-order chi connectivity index (χ0) is 14.2. The van der Waals surface area contributed by atoms with E-state index in [1.807, 2.05) is 18.2 Å². The van der Waals surface area contributed by atoms with Crippen molar-refractivity contribution in [3.8, 4) is 0 Å². The maximum absolute atomic E-state index is 11.5. The van der Waals surface area contributed by atoms with Gasteiger partial charge in [-0.15, -0.1) is 0 Å². The Hall–Kier alpha value is -1.66. The topological polar surface area (TPSA) is 53.5 Å². The zero-order valence-electron chi connectivity index (χ0n) is 11.4. The molecule has 6 heteroatoms. The molecule has 0 bridgehead atoms. The summed E-state index contributed by atoms with van der Waals surface area (Å²) in [5, 5.41) is 2.27. The van der Waals surface area contributed by atoms with Gasteiger partial charge in [0.15, 0.2) is 0 Å². The van der Waals surface area contributed by atoms with Gasteiger partial charge in [-0.3, -0.25) is 0 Å². The van der Waals surface area contributed by atoms with Crippen molar-refractivity contribution in [3.05, 3.63) is 36.5 Å². The second-order valence-corrected chi connectivity index (χ2v) is 6.99. The van der Waals surface area contributed by atoms with Crippen LogP contribution in [0.2, 0.25) is 0 Å². The van der Waals surface area contributed by atoms with Crippen LogP contribution in [0.3, 0.4) is 0 Å². The fraction of sp³-hybridized carbons (Fsp3) is 0.357. The van der Waals surface area contributed by atoms with Crippen LogP contribution in [0.4, 0.5) is 5.82 Å². The van der Waals surface area contributed by atoms with Crippen molar-refractivity contribution in [2.75, 3.05) is 37.3 Å². The molecule has 2 aromatic rings. The number of benzene rings is 1. The highest BCUT2D eigenvalue weighted by atomic mass is 32.2. The van der Waals surface area contributed by atoms with E-state index in [4.69, 9.17) is 0 Å². The van der Waals surface area contributed by atoms with Gasteiger partial charge in [-0.1, -0.05) is 24.3 Å². The van der Waals surface area contributed by atoms with Crippen molar-refractivity contribution < 1.29 is 8.42 Å². The molecule has 5 nitrogen and oxygen atoms in total. The monoisotopic (exact) mass is 291 g/mol. The first kappa shape index (κ1) is 13.3. The summed E-state index contributed by atoms with van der Waals surface area (Å²) < 4.78 is 24.6. The van der Waals surface area contributed by atoms with Gasteiger partial charge < -0.3 is 4.90 Å². The molecular formula is C14H17N3O2S. The van der Waals surface area contributed by atoms with Gasteiger partial charge in [0.05, 0.1) is 6.26 Å². The summed E-state index contributed by atoms with van der Waals surface area (Å²) in [6, 6.07) is 10.1. The summed E-state index contributed by atoms with van der Waals surface area (Å²) in [5.41, 5.74) is 0. The number of sulfonamides is 1. The summed E-state index contributed by atoms with van der Waals surface area (Å²) in [4.78, 5) is 6.63. The van der Waals surface area contributed by atoms with E-state index in [9.17, 15) is 8.42 Å². The minimum atomic E-state index is -3.09. The molecule has 0 saturated carbocycles.